The Morgan fingerprint density at radius 1 is 1.33 bits per heavy atom. The first-order valence-electron chi connectivity index (χ1n) is 7.16. The lowest BCUT2D eigenvalue weighted by molar-refractivity contribution is 0.0995. The van der Waals surface area contributed by atoms with Crippen LogP contribution in [0.4, 0.5) is 5.69 Å². The van der Waals surface area contributed by atoms with Crippen LogP contribution in [-0.2, 0) is 13.0 Å². The minimum absolute atomic E-state index is 0.0723. The molecule has 0 aliphatic carbocycles. The van der Waals surface area contributed by atoms with E-state index < -0.39 is 0 Å². The van der Waals surface area contributed by atoms with Crippen molar-refractivity contribution in [2.75, 3.05) is 5.32 Å². The summed E-state index contributed by atoms with van der Waals surface area (Å²) in [6.45, 7) is 6.52. The molecule has 5 heteroatoms. The first kappa shape index (κ1) is 15.1. The molecule has 0 aliphatic heterocycles. The molecule has 2 aromatic heterocycles. The number of hydrogen-bond donors (Lipinski definition) is 1. The highest BCUT2D eigenvalue weighted by molar-refractivity contribution is 6.02. The van der Waals surface area contributed by atoms with Gasteiger partial charge in [0.05, 0.1) is 5.69 Å². The van der Waals surface area contributed by atoms with Crippen LogP contribution >= 0.6 is 0 Å². The van der Waals surface area contributed by atoms with Crippen LogP contribution in [0.1, 0.15) is 42.1 Å². The molecule has 0 aromatic carbocycles. The lowest BCUT2D eigenvalue weighted by Gasteiger charge is -2.07. The standard InChI is InChI=1S/C16H20N2O3/c1-4-8-18-10-12(6-7-15(18)19)17-16(20)14-9-11(3)13(5-2)21-14/h6-7,9-10H,4-5,8H2,1-3H3,(H,17,20). The maximum absolute atomic E-state index is 12.2. The molecule has 0 bridgehead atoms. The van der Waals surface area contributed by atoms with Gasteiger partial charge in [-0.1, -0.05) is 13.8 Å². The number of amides is 1. The van der Waals surface area contributed by atoms with Crippen LogP contribution in [0.15, 0.2) is 33.6 Å². The number of nitrogens with one attached hydrogen (secondary N) is 1. The summed E-state index contributed by atoms with van der Waals surface area (Å²) in [7, 11) is 0. The van der Waals surface area contributed by atoms with E-state index in [0.717, 1.165) is 24.2 Å². The second-order valence-electron chi connectivity index (χ2n) is 4.97. The van der Waals surface area contributed by atoms with Crippen molar-refractivity contribution in [2.45, 2.75) is 40.2 Å². The molecule has 1 N–H and O–H groups in total. The van der Waals surface area contributed by atoms with E-state index in [1.807, 2.05) is 20.8 Å². The Hall–Kier alpha value is -2.30. The molecule has 21 heavy (non-hydrogen) atoms. The van der Waals surface area contributed by atoms with Crippen LogP contribution < -0.4 is 10.9 Å². The van der Waals surface area contributed by atoms with Crippen molar-refractivity contribution in [1.29, 1.82) is 0 Å². The molecule has 5 nitrogen and oxygen atoms in total. The Kier molecular flexibility index (Phi) is 4.62. The second-order valence-corrected chi connectivity index (χ2v) is 4.97. The summed E-state index contributed by atoms with van der Waals surface area (Å²) >= 11 is 0. The predicted molar refractivity (Wildman–Crippen MR) is 81.8 cm³/mol. The average Bonchev–Trinajstić information content (AvgIpc) is 2.84. The van der Waals surface area contributed by atoms with Crippen molar-refractivity contribution in [3.05, 3.63) is 51.8 Å². The summed E-state index contributed by atoms with van der Waals surface area (Å²) in [5.74, 6) is 0.799. The Morgan fingerprint density at radius 2 is 2.10 bits per heavy atom. The van der Waals surface area contributed by atoms with Crippen molar-refractivity contribution in [3.8, 4) is 0 Å². The van der Waals surface area contributed by atoms with E-state index in [2.05, 4.69) is 5.32 Å². The largest absolute Gasteiger partial charge is 0.456 e. The highest BCUT2D eigenvalue weighted by Gasteiger charge is 2.14. The van der Waals surface area contributed by atoms with E-state index in [-0.39, 0.29) is 17.2 Å². The van der Waals surface area contributed by atoms with Gasteiger partial charge in [0, 0.05) is 25.2 Å². The fourth-order valence-electron chi connectivity index (χ4n) is 2.20. The van der Waals surface area contributed by atoms with Gasteiger partial charge in [-0.3, -0.25) is 9.59 Å². The monoisotopic (exact) mass is 288 g/mol. The molecule has 2 rings (SSSR count). The van der Waals surface area contributed by atoms with Crippen molar-refractivity contribution in [2.24, 2.45) is 0 Å². The maximum Gasteiger partial charge on any atom is 0.291 e. The molecular weight excluding hydrogens is 268 g/mol. The van der Waals surface area contributed by atoms with Crippen LogP contribution in [0.5, 0.6) is 0 Å². The minimum atomic E-state index is -0.306. The summed E-state index contributed by atoms with van der Waals surface area (Å²) in [4.78, 5) is 23.8. The normalized spacial score (nSPS) is 10.6. The fourth-order valence-corrected chi connectivity index (χ4v) is 2.20. The van der Waals surface area contributed by atoms with Crippen molar-refractivity contribution in [1.82, 2.24) is 4.57 Å². The van der Waals surface area contributed by atoms with Gasteiger partial charge in [0.2, 0.25) is 0 Å². The molecule has 2 heterocycles. The lowest BCUT2D eigenvalue weighted by atomic mass is 10.2. The maximum atomic E-state index is 12.2. The zero-order valence-electron chi connectivity index (χ0n) is 12.6. The first-order chi connectivity index (χ1) is 10.0. The molecule has 0 spiro atoms. The van der Waals surface area contributed by atoms with Crippen LogP contribution in [0.2, 0.25) is 0 Å². The lowest BCUT2D eigenvalue weighted by Crippen LogP contribution is -2.20. The predicted octanol–water partition coefficient (Wildman–Crippen LogP) is 2.97. The van der Waals surface area contributed by atoms with Gasteiger partial charge in [-0.05, 0) is 31.0 Å². The molecule has 2 aromatic rings. The zero-order chi connectivity index (χ0) is 15.4. The van der Waals surface area contributed by atoms with E-state index in [0.29, 0.717) is 12.2 Å². The third-order valence-electron chi connectivity index (χ3n) is 3.27. The molecule has 112 valence electrons. The molecule has 0 fully saturated rings. The molecule has 0 saturated heterocycles. The van der Waals surface area contributed by atoms with Gasteiger partial charge in [-0.2, -0.15) is 0 Å². The molecule has 0 aliphatic rings. The highest BCUT2D eigenvalue weighted by Crippen LogP contribution is 2.16. The number of aryl methyl sites for hydroxylation is 3. The van der Waals surface area contributed by atoms with Crippen LogP contribution in [0.3, 0.4) is 0 Å². The zero-order valence-corrected chi connectivity index (χ0v) is 12.6. The van der Waals surface area contributed by atoms with Crippen LogP contribution in [-0.4, -0.2) is 10.5 Å². The number of carbonyl (C=O) groups is 1. The van der Waals surface area contributed by atoms with E-state index in [1.54, 1.807) is 22.9 Å². The topological polar surface area (TPSA) is 64.2 Å². The number of nitrogens with zero attached hydrogens (tertiary/aromatic N) is 1. The van der Waals surface area contributed by atoms with Gasteiger partial charge in [-0.25, -0.2) is 0 Å². The Bertz CT molecular complexity index is 698. The van der Waals surface area contributed by atoms with Crippen LogP contribution in [0, 0.1) is 6.92 Å². The highest BCUT2D eigenvalue weighted by atomic mass is 16.4. The van der Waals surface area contributed by atoms with Crippen molar-refractivity contribution >= 4 is 11.6 Å². The van der Waals surface area contributed by atoms with Crippen molar-refractivity contribution < 1.29 is 9.21 Å². The number of furan rings is 1. The summed E-state index contributed by atoms with van der Waals surface area (Å²) < 4.78 is 7.10. The number of carbonyl (C=O) groups excluding carboxylic acids is 1. The van der Waals surface area contributed by atoms with E-state index in [9.17, 15) is 9.59 Å². The third kappa shape index (κ3) is 3.42. The second kappa shape index (κ2) is 6.43. The third-order valence-corrected chi connectivity index (χ3v) is 3.27. The summed E-state index contributed by atoms with van der Waals surface area (Å²) in [5, 5.41) is 2.76. The quantitative estimate of drug-likeness (QED) is 0.920. The van der Waals surface area contributed by atoms with Gasteiger partial charge in [0.1, 0.15) is 5.76 Å². The number of anilines is 1. The average molecular weight is 288 g/mol. The number of aromatic nitrogens is 1. The molecular formula is C16H20N2O3. The number of pyridine rings is 1. The SMILES string of the molecule is CCCn1cc(NC(=O)c2cc(C)c(CC)o2)ccc1=O. The molecule has 0 atom stereocenters. The van der Waals surface area contributed by atoms with Crippen molar-refractivity contribution in [3.63, 3.8) is 0 Å². The Labute approximate surface area is 123 Å². The Morgan fingerprint density at radius 3 is 2.71 bits per heavy atom. The number of hydrogen-bond acceptors (Lipinski definition) is 3. The van der Waals surface area contributed by atoms with E-state index >= 15 is 0 Å². The van der Waals surface area contributed by atoms with Gasteiger partial charge in [-0.15, -0.1) is 0 Å². The molecule has 0 saturated carbocycles. The van der Waals surface area contributed by atoms with Gasteiger partial charge in [0.15, 0.2) is 5.76 Å². The fraction of sp³-hybridized carbons (Fsp3) is 0.375. The first-order valence-corrected chi connectivity index (χ1v) is 7.16. The summed E-state index contributed by atoms with van der Waals surface area (Å²) in [6.07, 6.45) is 3.26. The minimum Gasteiger partial charge on any atom is -0.456 e. The number of rotatable bonds is 5. The van der Waals surface area contributed by atoms with E-state index in [1.165, 1.54) is 6.07 Å². The van der Waals surface area contributed by atoms with Crippen LogP contribution in [0.25, 0.3) is 0 Å². The molecule has 0 unspecified atom stereocenters. The summed E-state index contributed by atoms with van der Waals surface area (Å²) in [5.41, 5.74) is 1.48. The summed E-state index contributed by atoms with van der Waals surface area (Å²) in [6, 6.07) is 4.79. The smallest absolute Gasteiger partial charge is 0.291 e. The molecule has 1 amide bonds. The molecule has 0 radical (unpaired) electrons. The van der Waals surface area contributed by atoms with Gasteiger partial charge < -0.3 is 14.3 Å². The van der Waals surface area contributed by atoms with Gasteiger partial charge in [0.25, 0.3) is 11.5 Å². The van der Waals surface area contributed by atoms with E-state index in [4.69, 9.17) is 4.42 Å². The Balaban J connectivity index is 2.19. The van der Waals surface area contributed by atoms with Gasteiger partial charge >= 0.3 is 0 Å².